The van der Waals surface area contributed by atoms with E-state index in [0.717, 1.165) is 9.13 Å². The second kappa shape index (κ2) is 9.00. The molecule has 2 rings (SSSR count). The standard InChI is InChI=1S/C18H15IN4O4/c1-11-7-13(19)3-5-15(11)22-18(24)12(9-20)10-21-16-6-4-14(23(25)26)8-17(16)27-2/h3-8,10,21H,1-2H3,(H,22,24)/b12-10-. The van der Waals surface area contributed by atoms with Crippen LogP contribution in [-0.4, -0.2) is 17.9 Å². The molecule has 1 amide bonds. The number of methoxy groups -OCH3 is 1. The molecule has 138 valence electrons. The molecule has 9 heteroatoms. The first kappa shape index (κ1) is 20.2. The van der Waals surface area contributed by atoms with Gasteiger partial charge in [-0.05, 0) is 59.3 Å². The Bertz CT molecular complexity index is 966. The van der Waals surface area contributed by atoms with E-state index in [-0.39, 0.29) is 17.0 Å². The van der Waals surface area contributed by atoms with Gasteiger partial charge in [-0.25, -0.2) is 0 Å². The van der Waals surface area contributed by atoms with Crippen molar-refractivity contribution in [3.05, 3.63) is 67.4 Å². The van der Waals surface area contributed by atoms with Gasteiger partial charge in [0.05, 0.1) is 23.8 Å². The second-order valence-corrected chi connectivity index (χ2v) is 6.61. The van der Waals surface area contributed by atoms with Gasteiger partial charge >= 0.3 is 0 Å². The van der Waals surface area contributed by atoms with Gasteiger partial charge in [0.2, 0.25) is 0 Å². The molecule has 0 heterocycles. The Kier molecular flexibility index (Phi) is 6.73. The zero-order valence-electron chi connectivity index (χ0n) is 14.4. The number of nitro benzene ring substituents is 1. The van der Waals surface area contributed by atoms with Crippen LogP contribution >= 0.6 is 22.6 Å². The van der Waals surface area contributed by atoms with E-state index in [1.165, 1.54) is 31.5 Å². The minimum Gasteiger partial charge on any atom is -0.494 e. The van der Waals surface area contributed by atoms with Crippen LogP contribution in [0.25, 0.3) is 0 Å². The Balaban J connectivity index is 2.20. The van der Waals surface area contributed by atoms with Crippen LogP contribution in [0.1, 0.15) is 5.56 Å². The molecule has 0 aliphatic heterocycles. The summed E-state index contributed by atoms with van der Waals surface area (Å²) in [7, 11) is 1.37. The van der Waals surface area contributed by atoms with E-state index in [4.69, 9.17) is 4.74 Å². The number of rotatable bonds is 6. The number of amides is 1. The fourth-order valence-corrected chi connectivity index (χ4v) is 2.82. The Labute approximate surface area is 169 Å². The quantitative estimate of drug-likeness (QED) is 0.213. The van der Waals surface area contributed by atoms with Crippen LogP contribution < -0.4 is 15.4 Å². The van der Waals surface area contributed by atoms with Crippen LogP contribution in [0, 0.1) is 31.9 Å². The highest BCUT2D eigenvalue weighted by Crippen LogP contribution is 2.29. The summed E-state index contributed by atoms with van der Waals surface area (Å²) in [4.78, 5) is 22.6. The van der Waals surface area contributed by atoms with Crippen LogP contribution in [0.3, 0.4) is 0 Å². The first-order valence-electron chi connectivity index (χ1n) is 7.62. The average Bonchev–Trinajstić information content (AvgIpc) is 2.64. The predicted molar refractivity (Wildman–Crippen MR) is 109 cm³/mol. The third-order valence-electron chi connectivity index (χ3n) is 3.57. The van der Waals surface area contributed by atoms with E-state index in [0.29, 0.717) is 11.4 Å². The zero-order valence-corrected chi connectivity index (χ0v) is 16.6. The molecule has 2 aromatic carbocycles. The highest BCUT2D eigenvalue weighted by Gasteiger charge is 2.13. The number of hydrogen-bond acceptors (Lipinski definition) is 6. The highest BCUT2D eigenvalue weighted by molar-refractivity contribution is 14.1. The van der Waals surface area contributed by atoms with Crippen molar-refractivity contribution in [3.63, 3.8) is 0 Å². The highest BCUT2D eigenvalue weighted by atomic mass is 127. The van der Waals surface area contributed by atoms with Gasteiger partial charge < -0.3 is 15.4 Å². The number of nitro groups is 1. The number of halogens is 1. The monoisotopic (exact) mass is 478 g/mol. The number of nitrogens with zero attached hydrogens (tertiary/aromatic N) is 2. The number of carbonyl (C=O) groups excluding carboxylic acids is 1. The Morgan fingerprint density at radius 3 is 2.59 bits per heavy atom. The van der Waals surface area contributed by atoms with Crippen molar-refractivity contribution in [1.29, 1.82) is 5.26 Å². The zero-order chi connectivity index (χ0) is 20.0. The van der Waals surface area contributed by atoms with E-state index >= 15 is 0 Å². The number of non-ortho nitro benzene ring substituents is 1. The molecule has 0 radical (unpaired) electrons. The van der Waals surface area contributed by atoms with Crippen LogP contribution in [0.4, 0.5) is 17.1 Å². The van der Waals surface area contributed by atoms with Crippen LogP contribution in [-0.2, 0) is 4.79 Å². The molecule has 27 heavy (non-hydrogen) atoms. The number of nitrogens with one attached hydrogen (secondary N) is 2. The number of ether oxygens (including phenoxy) is 1. The first-order chi connectivity index (χ1) is 12.8. The maximum atomic E-state index is 12.3. The van der Waals surface area contributed by atoms with Crippen molar-refractivity contribution in [1.82, 2.24) is 0 Å². The summed E-state index contributed by atoms with van der Waals surface area (Å²) in [6.45, 7) is 1.85. The molecule has 0 spiro atoms. The molecular weight excluding hydrogens is 463 g/mol. The van der Waals surface area contributed by atoms with E-state index in [9.17, 15) is 20.2 Å². The van der Waals surface area contributed by atoms with Gasteiger partial charge in [-0.3, -0.25) is 14.9 Å². The van der Waals surface area contributed by atoms with Crippen LogP contribution in [0.15, 0.2) is 48.2 Å². The maximum absolute atomic E-state index is 12.3. The molecule has 0 saturated carbocycles. The molecule has 0 fully saturated rings. The Morgan fingerprint density at radius 1 is 1.30 bits per heavy atom. The normalized spacial score (nSPS) is 10.7. The van der Waals surface area contributed by atoms with Crippen molar-refractivity contribution >= 4 is 45.6 Å². The lowest BCUT2D eigenvalue weighted by atomic mass is 10.2. The van der Waals surface area contributed by atoms with E-state index in [1.54, 1.807) is 6.07 Å². The lowest BCUT2D eigenvalue weighted by Gasteiger charge is -2.10. The second-order valence-electron chi connectivity index (χ2n) is 5.37. The number of hydrogen-bond donors (Lipinski definition) is 2. The molecule has 2 N–H and O–H groups in total. The largest absolute Gasteiger partial charge is 0.494 e. The molecule has 0 saturated heterocycles. The molecule has 0 atom stereocenters. The number of aryl methyl sites for hydroxylation is 1. The summed E-state index contributed by atoms with van der Waals surface area (Å²) in [6.07, 6.45) is 1.22. The minimum atomic E-state index is -0.574. The summed E-state index contributed by atoms with van der Waals surface area (Å²) < 4.78 is 6.14. The van der Waals surface area contributed by atoms with Gasteiger partial charge in [-0.2, -0.15) is 5.26 Å². The van der Waals surface area contributed by atoms with Crippen LogP contribution in [0.5, 0.6) is 5.75 Å². The van der Waals surface area contributed by atoms with Gasteiger partial charge in [0.1, 0.15) is 17.4 Å². The van der Waals surface area contributed by atoms with Gasteiger partial charge in [0, 0.05) is 21.5 Å². The lowest BCUT2D eigenvalue weighted by Crippen LogP contribution is -2.15. The summed E-state index contributed by atoms with van der Waals surface area (Å²) >= 11 is 2.17. The van der Waals surface area contributed by atoms with Crippen LogP contribution in [0.2, 0.25) is 0 Å². The summed E-state index contributed by atoms with van der Waals surface area (Å²) in [5.74, 6) is -0.359. The molecule has 0 bridgehead atoms. The smallest absolute Gasteiger partial charge is 0.273 e. The summed E-state index contributed by atoms with van der Waals surface area (Å²) in [6, 6.07) is 11.3. The van der Waals surface area contributed by atoms with Gasteiger partial charge in [0.15, 0.2) is 0 Å². The fraction of sp³-hybridized carbons (Fsp3) is 0.111. The van der Waals surface area contributed by atoms with Gasteiger partial charge in [-0.1, -0.05) is 0 Å². The van der Waals surface area contributed by atoms with Crippen molar-refractivity contribution < 1.29 is 14.5 Å². The van der Waals surface area contributed by atoms with E-state index < -0.39 is 10.8 Å². The minimum absolute atomic E-state index is 0.131. The van der Waals surface area contributed by atoms with Crippen molar-refractivity contribution in [2.75, 3.05) is 17.7 Å². The molecule has 8 nitrogen and oxygen atoms in total. The van der Waals surface area contributed by atoms with Gasteiger partial charge in [-0.15, -0.1) is 0 Å². The molecule has 0 aromatic heterocycles. The molecule has 0 aliphatic rings. The van der Waals surface area contributed by atoms with Gasteiger partial charge in [0.25, 0.3) is 11.6 Å². The van der Waals surface area contributed by atoms with Crippen molar-refractivity contribution in [2.45, 2.75) is 6.92 Å². The number of carbonyl (C=O) groups is 1. The topological polar surface area (TPSA) is 117 Å². The predicted octanol–water partition coefficient (Wildman–Crippen LogP) is 3.97. The number of anilines is 2. The average molecular weight is 478 g/mol. The van der Waals surface area contributed by atoms with Crippen molar-refractivity contribution in [3.8, 4) is 11.8 Å². The molecule has 0 unspecified atom stereocenters. The summed E-state index contributed by atoms with van der Waals surface area (Å²) in [5.41, 5.74) is 1.57. The SMILES string of the molecule is COc1cc([N+](=O)[O-])ccc1N/C=C(/C#N)C(=O)Nc1ccc(I)cc1C. The lowest BCUT2D eigenvalue weighted by molar-refractivity contribution is -0.384. The molecule has 2 aromatic rings. The maximum Gasteiger partial charge on any atom is 0.273 e. The first-order valence-corrected chi connectivity index (χ1v) is 8.70. The molecule has 0 aliphatic carbocycles. The van der Waals surface area contributed by atoms with E-state index in [1.807, 2.05) is 25.1 Å². The van der Waals surface area contributed by atoms with E-state index in [2.05, 4.69) is 33.2 Å². The number of nitriles is 1. The van der Waals surface area contributed by atoms with Crippen molar-refractivity contribution in [2.24, 2.45) is 0 Å². The summed E-state index contributed by atoms with van der Waals surface area (Å²) in [5, 5.41) is 25.6. The molecular formula is C18H15IN4O4. The Hall–Kier alpha value is -3.13. The Morgan fingerprint density at radius 2 is 2.00 bits per heavy atom. The third-order valence-corrected chi connectivity index (χ3v) is 4.24. The number of benzene rings is 2. The fourth-order valence-electron chi connectivity index (χ4n) is 2.17. The third kappa shape index (κ3) is 5.18.